The molecule has 1 atom stereocenters. The number of carboxylic acid groups (broad SMARTS) is 1. The van der Waals surface area contributed by atoms with Crippen molar-refractivity contribution < 1.29 is 19.0 Å². The van der Waals surface area contributed by atoms with Crippen LogP contribution < -0.4 is 10.1 Å². The highest BCUT2D eigenvalue weighted by Gasteiger charge is 2.25. The standard InChI is InChI=1S/C21H18ClFN6O3/c1-3-32-18-12(10(2)29-20-17-19(26-8-25-17)27-9-28-20)7-13(22)16(23)15(18)11-4-5-24-14(6-11)21(30)31/h4-10H,3H2,1-2H3,(H,30,31)(H2,25,26,27,28,29). The number of hydrogen-bond acceptors (Lipinski definition) is 7. The lowest BCUT2D eigenvalue weighted by Crippen LogP contribution is -2.12. The number of aromatic nitrogens is 5. The Bertz CT molecular complexity index is 1310. The van der Waals surface area contributed by atoms with Gasteiger partial charge in [0.15, 0.2) is 17.3 Å². The van der Waals surface area contributed by atoms with E-state index >= 15 is 4.39 Å². The predicted molar refractivity (Wildman–Crippen MR) is 116 cm³/mol. The van der Waals surface area contributed by atoms with Crippen LogP contribution in [0.25, 0.3) is 22.3 Å². The molecule has 0 spiro atoms. The van der Waals surface area contributed by atoms with Crippen molar-refractivity contribution in [1.82, 2.24) is 24.9 Å². The average molecular weight is 457 g/mol. The van der Waals surface area contributed by atoms with Crippen molar-refractivity contribution >= 4 is 34.6 Å². The van der Waals surface area contributed by atoms with Crippen LogP contribution in [0, 0.1) is 5.82 Å². The molecule has 0 saturated carbocycles. The second-order valence-corrected chi connectivity index (χ2v) is 7.23. The van der Waals surface area contributed by atoms with Gasteiger partial charge >= 0.3 is 5.97 Å². The highest BCUT2D eigenvalue weighted by molar-refractivity contribution is 6.31. The fraction of sp³-hybridized carbons (Fsp3) is 0.190. The number of H-pyrrole nitrogens is 1. The minimum atomic E-state index is -1.23. The van der Waals surface area contributed by atoms with E-state index in [0.717, 1.165) is 0 Å². The fourth-order valence-corrected chi connectivity index (χ4v) is 3.58. The number of nitrogens with zero attached hydrogens (tertiary/aromatic N) is 4. The minimum Gasteiger partial charge on any atom is -0.493 e. The van der Waals surface area contributed by atoms with Crippen molar-refractivity contribution in [2.45, 2.75) is 19.9 Å². The topological polar surface area (TPSA) is 126 Å². The van der Waals surface area contributed by atoms with Crippen LogP contribution >= 0.6 is 11.6 Å². The molecule has 0 bridgehead atoms. The first kappa shape index (κ1) is 21.4. The summed E-state index contributed by atoms with van der Waals surface area (Å²) in [4.78, 5) is 30.6. The maximum absolute atomic E-state index is 15.2. The lowest BCUT2D eigenvalue weighted by atomic mass is 9.97. The van der Waals surface area contributed by atoms with Gasteiger partial charge in [0.05, 0.1) is 29.6 Å². The van der Waals surface area contributed by atoms with Gasteiger partial charge in [0, 0.05) is 11.8 Å². The Kier molecular flexibility index (Phi) is 5.87. The number of carboxylic acids is 1. The maximum Gasteiger partial charge on any atom is 0.354 e. The number of hydrogen-bond donors (Lipinski definition) is 3. The molecule has 4 aromatic rings. The number of ether oxygens (including phenoxy) is 1. The molecular weight excluding hydrogens is 439 g/mol. The molecule has 1 aromatic carbocycles. The number of nitrogens with one attached hydrogen (secondary N) is 2. The smallest absolute Gasteiger partial charge is 0.354 e. The van der Waals surface area contributed by atoms with Crippen molar-refractivity contribution in [1.29, 1.82) is 0 Å². The number of halogens is 2. The van der Waals surface area contributed by atoms with Gasteiger partial charge in [0.2, 0.25) is 0 Å². The second-order valence-electron chi connectivity index (χ2n) is 6.82. The normalized spacial score (nSPS) is 12.0. The van der Waals surface area contributed by atoms with E-state index < -0.39 is 17.8 Å². The van der Waals surface area contributed by atoms with Gasteiger partial charge in [-0.25, -0.2) is 29.1 Å². The Morgan fingerprint density at radius 2 is 2.12 bits per heavy atom. The average Bonchev–Trinajstić information content (AvgIpc) is 3.26. The summed E-state index contributed by atoms with van der Waals surface area (Å²) in [6.07, 6.45) is 4.19. The molecular formula is C21H18ClFN6O3. The van der Waals surface area contributed by atoms with Gasteiger partial charge in [-0.3, -0.25) is 0 Å². The highest BCUT2D eigenvalue weighted by atomic mass is 35.5. The van der Waals surface area contributed by atoms with Crippen molar-refractivity contribution in [3.63, 3.8) is 0 Å². The number of anilines is 1. The zero-order chi connectivity index (χ0) is 22.8. The van der Waals surface area contributed by atoms with E-state index in [-0.39, 0.29) is 34.2 Å². The molecule has 9 nitrogen and oxygen atoms in total. The zero-order valence-corrected chi connectivity index (χ0v) is 17.8. The van der Waals surface area contributed by atoms with Crippen LogP contribution in [0.4, 0.5) is 10.2 Å². The number of pyridine rings is 1. The Morgan fingerprint density at radius 1 is 1.31 bits per heavy atom. The summed E-state index contributed by atoms with van der Waals surface area (Å²) < 4.78 is 21.0. The molecule has 0 aliphatic heterocycles. The molecule has 4 rings (SSSR count). The quantitative estimate of drug-likeness (QED) is 0.371. The number of imidazole rings is 1. The van der Waals surface area contributed by atoms with Gasteiger partial charge in [-0.05, 0) is 37.6 Å². The molecule has 11 heteroatoms. The van der Waals surface area contributed by atoms with Crippen molar-refractivity contribution in [3.05, 3.63) is 59.1 Å². The molecule has 3 N–H and O–H groups in total. The van der Waals surface area contributed by atoms with Crippen molar-refractivity contribution in [2.24, 2.45) is 0 Å². The molecule has 164 valence electrons. The number of fused-ring (bicyclic) bond motifs is 1. The van der Waals surface area contributed by atoms with E-state index in [0.29, 0.717) is 22.5 Å². The summed E-state index contributed by atoms with van der Waals surface area (Å²) in [5.41, 5.74) is 1.80. The van der Waals surface area contributed by atoms with Gasteiger partial charge in [-0.2, -0.15) is 0 Å². The fourth-order valence-electron chi connectivity index (χ4n) is 3.37. The van der Waals surface area contributed by atoms with Crippen LogP contribution in [-0.4, -0.2) is 42.6 Å². The summed E-state index contributed by atoms with van der Waals surface area (Å²) in [7, 11) is 0. The van der Waals surface area contributed by atoms with E-state index in [1.54, 1.807) is 6.92 Å². The monoisotopic (exact) mass is 456 g/mol. The largest absolute Gasteiger partial charge is 0.493 e. The van der Waals surface area contributed by atoms with Crippen LogP contribution in [0.3, 0.4) is 0 Å². The molecule has 3 aromatic heterocycles. The number of aromatic amines is 1. The number of rotatable bonds is 7. The molecule has 0 saturated heterocycles. The van der Waals surface area contributed by atoms with Crippen LogP contribution in [0.2, 0.25) is 5.02 Å². The van der Waals surface area contributed by atoms with Gasteiger partial charge in [0.25, 0.3) is 0 Å². The van der Waals surface area contributed by atoms with Crippen molar-refractivity contribution in [2.75, 3.05) is 11.9 Å². The van der Waals surface area contributed by atoms with Gasteiger partial charge in [0.1, 0.15) is 23.3 Å². The van der Waals surface area contributed by atoms with E-state index in [1.807, 2.05) is 6.92 Å². The molecule has 1 unspecified atom stereocenters. The molecule has 0 amide bonds. The molecule has 0 radical (unpaired) electrons. The molecule has 0 fully saturated rings. The summed E-state index contributed by atoms with van der Waals surface area (Å²) in [6, 6.07) is 3.84. The van der Waals surface area contributed by atoms with Crippen LogP contribution in [-0.2, 0) is 0 Å². The van der Waals surface area contributed by atoms with E-state index in [1.165, 1.54) is 37.1 Å². The third-order valence-electron chi connectivity index (χ3n) is 4.80. The van der Waals surface area contributed by atoms with Gasteiger partial charge < -0.3 is 20.1 Å². The first-order valence-corrected chi connectivity index (χ1v) is 10.0. The van der Waals surface area contributed by atoms with Crippen LogP contribution in [0.1, 0.15) is 35.9 Å². The summed E-state index contributed by atoms with van der Waals surface area (Å²) in [5, 5.41) is 12.4. The summed E-state index contributed by atoms with van der Waals surface area (Å²) in [5.74, 6) is -1.20. The molecule has 0 aliphatic carbocycles. The number of carbonyl (C=O) groups is 1. The first-order chi connectivity index (χ1) is 15.4. The zero-order valence-electron chi connectivity index (χ0n) is 17.1. The lowest BCUT2D eigenvalue weighted by molar-refractivity contribution is 0.0690. The highest BCUT2D eigenvalue weighted by Crippen LogP contribution is 2.42. The van der Waals surface area contributed by atoms with Gasteiger partial charge in [-0.1, -0.05) is 11.6 Å². The van der Waals surface area contributed by atoms with E-state index in [9.17, 15) is 9.90 Å². The molecule has 0 aliphatic rings. The molecule has 3 heterocycles. The maximum atomic E-state index is 15.2. The van der Waals surface area contributed by atoms with E-state index in [2.05, 4.69) is 30.2 Å². The van der Waals surface area contributed by atoms with E-state index in [4.69, 9.17) is 16.3 Å². The first-order valence-electron chi connectivity index (χ1n) is 9.65. The van der Waals surface area contributed by atoms with Crippen LogP contribution in [0.5, 0.6) is 5.75 Å². The lowest BCUT2D eigenvalue weighted by Gasteiger charge is -2.22. The van der Waals surface area contributed by atoms with Crippen LogP contribution in [0.15, 0.2) is 37.1 Å². The predicted octanol–water partition coefficient (Wildman–Crippen LogP) is 4.48. The Labute approximate surface area is 186 Å². The van der Waals surface area contributed by atoms with Crippen molar-refractivity contribution in [3.8, 4) is 16.9 Å². The second kappa shape index (κ2) is 8.75. The van der Waals surface area contributed by atoms with Gasteiger partial charge in [-0.15, -0.1) is 0 Å². The summed E-state index contributed by atoms with van der Waals surface area (Å²) in [6.45, 7) is 3.87. The third-order valence-corrected chi connectivity index (χ3v) is 5.07. The number of aromatic carboxylic acids is 1. The Balaban J connectivity index is 1.84. The minimum absolute atomic E-state index is 0.0577. The Hall–Kier alpha value is -3.79. The SMILES string of the molecule is CCOc1c(C(C)Nc2ncnc3nc[nH]c23)cc(Cl)c(F)c1-c1ccnc(C(=O)O)c1. The third kappa shape index (κ3) is 3.92. The number of benzene rings is 1. The molecule has 32 heavy (non-hydrogen) atoms. The summed E-state index contributed by atoms with van der Waals surface area (Å²) >= 11 is 6.24. The Morgan fingerprint density at radius 3 is 2.88 bits per heavy atom.